The molecule has 42 heavy (non-hydrogen) atoms. The van der Waals surface area contributed by atoms with Gasteiger partial charge in [0.25, 0.3) is 13.7 Å². The molecule has 0 saturated carbocycles. The molecule has 2 fully saturated rings. The Morgan fingerprint density at radius 3 is 2.55 bits per heavy atom. The molecule has 5 atom stereocenters. The van der Waals surface area contributed by atoms with Crippen molar-refractivity contribution in [3.05, 3.63) is 35.4 Å². The molecule has 1 aromatic heterocycles. The molecule has 1 amide bonds. The van der Waals surface area contributed by atoms with Crippen LogP contribution >= 0.6 is 20.7 Å². The second-order valence-electron chi connectivity index (χ2n) is 10.3. The highest BCUT2D eigenvalue weighted by Gasteiger charge is 2.50. The van der Waals surface area contributed by atoms with Crippen LogP contribution in [-0.4, -0.2) is 100 Å². The van der Waals surface area contributed by atoms with Crippen molar-refractivity contribution in [3.63, 3.8) is 0 Å². The van der Waals surface area contributed by atoms with Gasteiger partial charge in [0.1, 0.15) is 11.9 Å². The van der Waals surface area contributed by atoms with Gasteiger partial charge in [0.15, 0.2) is 22.2 Å². The summed E-state index contributed by atoms with van der Waals surface area (Å²) < 4.78 is 60.5. The molecule has 2 unspecified atom stereocenters. The predicted octanol–water partition coefficient (Wildman–Crippen LogP) is 1.96. The van der Waals surface area contributed by atoms with Crippen molar-refractivity contribution in [1.29, 1.82) is 0 Å². The zero-order valence-corrected chi connectivity index (χ0v) is 27.0. The van der Waals surface area contributed by atoms with Gasteiger partial charge in [-0.25, -0.2) is 22.5 Å². The van der Waals surface area contributed by atoms with Crippen LogP contribution in [0.3, 0.4) is 0 Å². The van der Waals surface area contributed by atoms with E-state index in [1.54, 1.807) is 11.0 Å². The van der Waals surface area contributed by atoms with Gasteiger partial charge in [-0.1, -0.05) is 6.08 Å². The van der Waals surface area contributed by atoms with Crippen LogP contribution in [0.5, 0.6) is 0 Å². The quantitative estimate of drug-likeness (QED) is 0.112. The summed E-state index contributed by atoms with van der Waals surface area (Å²) in [5, 5.41) is 2.49. The van der Waals surface area contributed by atoms with E-state index >= 15 is 0 Å². The minimum absolute atomic E-state index is 0.00750. The first kappa shape index (κ1) is 32.9. The number of carbonyl (C=O) groups is 1. The Kier molecular flexibility index (Phi) is 11.8. The van der Waals surface area contributed by atoms with Crippen LogP contribution in [0, 0.1) is 0 Å². The molecule has 3 heterocycles. The van der Waals surface area contributed by atoms with Crippen molar-refractivity contribution in [2.24, 2.45) is 0 Å². The third-order valence-electron chi connectivity index (χ3n) is 6.36. The molecule has 2 aliphatic heterocycles. The van der Waals surface area contributed by atoms with Crippen LogP contribution < -0.4 is 16.5 Å². The fourth-order valence-electron chi connectivity index (χ4n) is 4.48. The van der Waals surface area contributed by atoms with Gasteiger partial charge in [-0.15, -0.1) is 6.58 Å². The number of hydrogen-bond donors (Lipinski definition) is 2. The lowest BCUT2D eigenvalue weighted by Gasteiger charge is -2.38. The number of amides is 1. The lowest BCUT2D eigenvalue weighted by atomic mass is 10.1. The highest BCUT2D eigenvalue weighted by Crippen LogP contribution is 2.49. The lowest BCUT2D eigenvalue weighted by Crippen LogP contribution is -2.48. The number of hydroxylamine groups is 1. The first-order valence-corrected chi connectivity index (χ1v) is 16.9. The number of nitrogens with zero attached hydrogens (tertiary/aromatic N) is 4. The summed E-state index contributed by atoms with van der Waals surface area (Å²) in [7, 11) is -4.98. The molecule has 17 heteroatoms. The van der Waals surface area contributed by atoms with Crippen LogP contribution in [0.1, 0.15) is 49.1 Å². The van der Waals surface area contributed by atoms with Crippen LogP contribution in [0.15, 0.2) is 29.7 Å². The summed E-state index contributed by atoms with van der Waals surface area (Å²) in [5.41, 5.74) is 2.11. The third kappa shape index (κ3) is 8.99. The van der Waals surface area contributed by atoms with Gasteiger partial charge in [-0.05, 0) is 52.9 Å². The van der Waals surface area contributed by atoms with Gasteiger partial charge in [-0.3, -0.25) is 9.36 Å². The van der Waals surface area contributed by atoms with E-state index < -0.39 is 54.5 Å². The van der Waals surface area contributed by atoms with E-state index in [4.69, 9.17) is 32.2 Å². The van der Waals surface area contributed by atoms with Gasteiger partial charge in [0.05, 0.1) is 17.6 Å². The molecule has 0 aliphatic carbocycles. The fourth-order valence-corrected chi connectivity index (χ4v) is 7.62. The maximum atomic E-state index is 13.1. The summed E-state index contributed by atoms with van der Waals surface area (Å²) in [6, 6.07) is 1.45. The van der Waals surface area contributed by atoms with Crippen LogP contribution in [0.25, 0.3) is 0 Å². The third-order valence-corrected chi connectivity index (χ3v) is 10.3. The summed E-state index contributed by atoms with van der Waals surface area (Å²) in [4.78, 5) is 30.2. The predicted molar refractivity (Wildman–Crippen MR) is 163 cm³/mol. The molecule has 3 rings (SSSR count). The van der Waals surface area contributed by atoms with Gasteiger partial charge in [0, 0.05) is 46.2 Å². The van der Waals surface area contributed by atoms with Gasteiger partial charge in [0.2, 0.25) is 5.91 Å². The Bertz CT molecular complexity index is 1280. The average molecular weight is 650 g/mol. The number of thiocarbonyl (C=S) groups is 1. The normalized spacial score (nSPS) is 25.0. The number of anilines is 1. The van der Waals surface area contributed by atoms with Crippen LogP contribution in [-0.2, 0) is 33.3 Å². The molecular weight excluding hydrogens is 607 g/mol. The molecule has 2 saturated heterocycles. The van der Waals surface area contributed by atoms with Crippen molar-refractivity contribution in [1.82, 2.24) is 24.6 Å². The highest BCUT2D eigenvalue weighted by atomic mass is 32.2. The smallest absolute Gasteiger partial charge is 0.351 e. The highest BCUT2D eigenvalue weighted by molar-refractivity contribution is 7.91. The summed E-state index contributed by atoms with van der Waals surface area (Å²) in [5.74, 6) is -0.474. The zero-order valence-electron chi connectivity index (χ0n) is 25.5. The molecule has 0 bridgehead atoms. The molecule has 0 spiro atoms. The molecule has 0 aromatic carbocycles. The standard InChI is InChI=1S/C25H41N6O8PS2/c1-8-10-26-39-40(31(16(2)3)17(4)5)38-21-18(6)36-23(30-11-9-20(27-19(7)32)28-24(30)33)22(21)37-25(41)29-12-14-42(34,35)15-13-29/h8-9,11,16-18,21-23,26H,1,10,12-15H2,2-7H3,(H,27,28,32,33)/t18-,21+,22+,23?,40?/m1/s1/i6D. The van der Waals surface area contributed by atoms with Crippen molar-refractivity contribution in [2.45, 2.75) is 78.1 Å². The number of aromatic nitrogens is 2. The second-order valence-corrected chi connectivity index (χ2v) is 14.3. The molecule has 0 radical (unpaired) electrons. The zero-order chi connectivity index (χ0) is 31.9. The van der Waals surface area contributed by atoms with E-state index in [2.05, 4.69) is 22.4 Å². The summed E-state index contributed by atoms with van der Waals surface area (Å²) in [6.07, 6.45) is -0.939. The lowest BCUT2D eigenvalue weighted by molar-refractivity contribution is -0.114. The minimum Gasteiger partial charge on any atom is -0.460 e. The Morgan fingerprint density at radius 1 is 1.33 bits per heavy atom. The number of hydrogen-bond acceptors (Lipinski definition) is 12. The van der Waals surface area contributed by atoms with Crippen molar-refractivity contribution >= 4 is 47.5 Å². The average Bonchev–Trinajstić information content (AvgIpc) is 3.24. The largest absolute Gasteiger partial charge is 0.460 e. The van der Waals surface area contributed by atoms with E-state index in [9.17, 15) is 18.0 Å². The Hall–Kier alpha value is -2.04. The van der Waals surface area contributed by atoms with Gasteiger partial charge >= 0.3 is 5.69 Å². The maximum Gasteiger partial charge on any atom is 0.351 e. The van der Waals surface area contributed by atoms with Crippen LogP contribution in [0.2, 0.25) is 0 Å². The minimum atomic E-state index is -3.17. The van der Waals surface area contributed by atoms with E-state index in [0.29, 0.717) is 6.54 Å². The van der Waals surface area contributed by atoms with E-state index in [0.717, 1.165) is 0 Å². The SMILES string of the molecule is [2H]C[C@H]1OC(n2ccc(NC(C)=O)nc2=O)[C@@H](OC(=S)N2CCS(=O)(=O)CC2)[C@H]1OP(ONCC=C)N(C(C)C)C(C)C. The molecule has 2 N–H and O–H groups in total. The number of ether oxygens (including phenoxy) is 2. The summed E-state index contributed by atoms with van der Waals surface area (Å²) >= 11 is 5.59. The van der Waals surface area contributed by atoms with E-state index in [1.807, 2.05) is 32.4 Å². The van der Waals surface area contributed by atoms with Crippen molar-refractivity contribution in [3.8, 4) is 0 Å². The molecule has 236 valence electrons. The maximum absolute atomic E-state index is 13.1. The first-order chi connectivity index (χ1) is 20.3. The number of carbonyl (C=O) groups excluding carboxylic acids is 1. The number of sulfone groups is 1. The fraction of sp³-hybridized carbons (Fsp3) is 0.680. The topological polar surface area (TPSA) is 154 Å². The van der Waals surface area contributed by atoms with Crippen molar-refractivity contribution < 1.29 is 33.2 Å². The number of rotatable bonds is 12. The summed E-state index contributed by atoms with van der Waals surface area (Å²) in [6.45, 7) is 13.4. The Morgan fingerprint density at radius 2 is 2.00 bits per heavy atom. The Balaban J connectivity index is 2.00. The Labute approximate surface area is 255 Å². The monoisotopic (exact) mass is 649 g/mol. The van der Waals surface area contributed by atoms with Gasteiger partial charge in [-0.2, -0.15) is 10.5 Å². The van der Waals surface area contributed by atoms with E-state index in [-0.39, 0.29) is 54.6 Å². The second kappa shape index (κ2) is 15.1. The van der Waals surface area contributed by atoms with Gasteiger partial charge < -0.3 is 24.2 Å². The van der Waals surface area contributed by atoms with Crippen molar-refractivity contribution in [2.75, 3.05) is 36.5 Å². The number of nitrogens with one attached hydrogen (secondary N) is 2. The first-order valence-electron chi connectivity index (χ1n) is 14.2. The van der Waals surface area contributed by atoms with E-state index in [1.165, 1.54) is 23.8 Å². The molecular formula is C25H41N6O8PS2. The molecule has 1 aromatic rings. The molecule has 2 aliphatic rings. The van der Waals surface area contributed by atoms with Crippen LogP contribution in [0.4, 0.5) is 5.82 Å². The molecule has 14 nitrogen and oxygen atoms in total.